The quantitative estimate of drug-likeness (QED) is 0.616. The van der Waals surface area contributed by atoms with Gasteiger partial charge in [0.25, 0.3) is 0 Å². The lowest BCUT2D eigenvalue weighted by Gasteiger charge is -2.19. The maximum Gasteiger partial charge on any atom is 0.349 e. The van der Waals surface area contributed by atoms with Crippen LogP contribution in [0.2, 0.25) is 0 Å². The van der Waals surface area contributed by atoms with Gasteiger partial charge < -0.3 is 15.9 Å². The van der Waals surface area contributed by atoms with Gasteiger partial charge in [0.05, 0.1) is 12.2 Å². The number of nitrogens with zero attached hydrogens (tertiary/aromatic N) is 2. The second-order valence-electron chi connectivity index (χ2n) is 4.32. The van der Waals surface area contributed by atoms with Crippen molar-refractivity contribution in [1.29, 1.82) is 0 Å². The molecule has 1 aromatic heterocycles. The van der Waals surface area contributed by atoms with Gasteiger partial charge in [-0.3, -0.25) is 4.57 Å². The summed E-state index contributed by atoms with van der Waals surface area (Å²) in [5.74, 6) is 0.191. The Labute approximate surface area is 92.4 Å². The largest absolute Gasteiger partial charge is 0.393 e. The van der Waals surface area contributed by atoms with E-state index in [1.54, 1.807) is 12.3 Å². The van der Waals surface area contributed by atoms with Gasteiger partial charge in [-0.1, -0.05) is 0 Å². The minimum Gasteiger partial charge on any atom is -0.393 e. The van der Waals surface area contributed by atoms with Crippen molar-refractivity contribution in [2.45, 2.75) is 30.9 Å². The van der Waals surface area contributed by atoms with E-state index in [1.165, 1.54) is 4.57 Å². The van der Waals surface area contributed by atoms with Crippen LogP contribution in [0.15, 0.2) is 17.1 Å². The number of aromatic nitrogens is 2. The molecule has 6 heteroatoms. The average molecular weight is 225 g/mol. The molecule has 4 N–H and O–H groups in total. The number of aliphatic hydroxyl groups is 2. The Morgan fingerprint density at radius 3 is 3.00 bits per heavy atom. The normalized spacial score (nSPS) is 29.5. The second-order valence-corrected chi connectivity index (χ2v) is 4.32. The van der Waals surface area contributed by atoms with Crippen LogP contribution < -0.4 is 11.4 Å². The third kappa shape index (κ3) is 1.94. The van der Waals surface area contributed by atoms with Crippen molar-refractivity contribution >= 4 is 5.82 Å². The van der Waals surface area contributed by atoms with Gasteiger partial charge in [-0.05, 0) is 25.3 Å². The topological polar surface area (TPSA) is 101 Å². The second kappa shape index (κ2) is 3.88. The van der Waals surface area contributed by atoms with Crippen molar-refractivity contribution in [1.82, 2.24) is 9.55 Å². The lowest BCUT2D eigenvalue weighted by molar-refractivity contribution is -0.0109. The molecule has 0 spiro atoms. The van der Waals surface area contributed by atoms with Crippen molar-refractivity contribution in [2.24, 2.45) is 0 Å². The van der Waals surface area contributed by atoms with Gasteiger partial charge in [-0.2, -0.15) is 4.98 Å². The maximum atomic E-state index is 11.6. The maximum absolute atomic E-state index is 11.6. The zero-order valence-electron chi connectivity index (χ0n) is 8.83. The Kier molecular flexibility index (Phi) is 2.69. The van der Waals surface area contributed by atoms with Crippen LogP contribution in [0.25, 0.3) is 0 Å². The minimum atomic E-state index is -1.06. The van der Waals surface area contributed by atoms with E-state index in [2.05, 4.69) is 4.98 Å². The summed E-state index contributed by atoms with van der Waals surface area (Å²) in [6, 6.07) is 1.44. The van der Waals surface area contributed by atoms with Crippen molar-refractivity contribution in [3.8, 4) is 0 Å². The van der Waals surface area contributed by atoms with E-state index < -0.39 is 11.3 Å². The summed E-state index contributed by atoms with van der Waals surface area (Å²) in [5, 5.41) is 18.9. The van der Waals surface area contributed by atoms with Crippen molar-refractivity contribution < 1.29 is 10.2 Å². The van der Waals surface area contributed by atoms with Crippen LogP contribution in [0.4, 0.5) is 5.82 Å². The molecule has 0 amide bonds. The standard InChI is InChI=1S/C10H15N3O3/c11-8-2-4-13(9(15)12-8)7-1-3-10(16,5-7)6-14/h2,4,7,14,16H,1,3,5-6H2,(H2,11,12,15)/t7-,10-/m0/s1. The van der Waals surface area contributed by atoms with E-state index in [0.717, 1.165) is 0 Å². The fourth-order valence-corrected chi connectivity index (χ4v) is 2.16. The van der Waals surface area contributed by atoms with Gasteiger partial charge in [0.2, 0.25) is 0 Å². The summed E-state index contributed by atoms with van der Waals surface area (Å²) in [7, 11) is 0. The van der Waals surface area contributed by atoms with Crippen LogP contribution in [-0.2, 0) is 0 Å². The number of hydrogen-bond donors (Lipinski definition) is 3. The molecule has 88 valence electrons. The van der Waals surface area contributed by atoms with E-state index in [4.69, 9.17) is 10.8 Å². The Bertz CT molecular complexity index is 445. The molecule has 1 heterocycles. The first-order chi connectivity index (χ1) is 7.54. The number of rotatable bonds is 2. The molecule has 0 bridgehead atoms. The van der Waals surface area contributed by atoms with Crippen LogP contribution in [0.5, 0.6) is 0 Å². The summed E-state index contributed by atoms with van der Waals surface area (Å²) in [6.45, 7) is -0.277. The molecule has 1 saturated carbocycles. The molecule has 1 fully saturated rings. The van der Waals surface area contributed by atoms with Gasteiger partial charge in [-0.25, -0.2) is 4.79 Å². The minimum absolute atomic E-state index is 0.113. The number of anilines is 1. The SMILES string of the molecule is Nc1ccn([C@H]2CC[C@@](O)(CO)C2)c(=O)n1. The first-order valence-electron chi connectivity index (χ1n) is 5.22. The molecule has 1 aliphatic carbocycles. The van der Waals surface area contributed by atoms with E-state index >= 15 is 0 Å². The zero-order valence-corrected chi connectivity index (χ0v) is 8.83. The first-order valence-corrected chi connectivity index (χ1v) is 5.22. The predicted molar refractivity (Wildman–Crippen MR) is 57.8 cm³/mol. The molecular formula is C10H15N3O3. The van der Waals surface area contributed by atoms with E-state index in [-0.39, 0.29) is 18.5 Å². The Hall–Kier alpha value is -1.40. The van der Waals surface area contributed by atoms with Crippen molar-refractivity contribution in [2.75, 3.05) is 12.3 Å². The predicted octanol–water partition coefficient (Wildman–Crippen LogP) is -0.726. The fraction of sp³-hybridized carbons (Fsp3) is 0.600. The number of nitrogens with two attached hydrogens (primary N) is 1. The van der Waals surface area contributed by atoms with Crippen molar-refractivity contribution in [3.05, 3.63) is 22.7 Å². The third-order valence-corrected chi connectivity index (χ3v) is 3.10. The smallest absolute Gasteiger partial charge is 0.349 e. The molecule has 2 atom stereocenters. The van der Waals surface area contributed by atoms with Crippen molar-refractivity contribution in [3.63, 3.8) is 0 Å². The lowest BCUT2D eigenvalue weighted by Crippen LogP contribution is -2.31. The Morgan fingerprint density at radius 1 is 1.69 bits per heavy atom. The molecule has 1 aromatic rings. The molecule has 1 aliphatic rings. The highest BCUT2D eigenvalue weighted by Crippen LogP contribution is 2.36. The highest BCUT2D eigenvalue weighted by molar-refractivity contribution is 5.23. The van der Waals surface area contributed by atoms with Crippen LogP contribution in [0.1, 0.15) is 25.3 Å². The van der Waals surface area contributed by atoms with Crippen LogP contribution in [0.3, 0.4) is 0 Å². The molecule has 0 saturated heterocycles. The van der Waals surface area contributed by atoms with Gasteiger partial charge in [0, 0.05) is 12.2 Å². The highest BCUT2D eigenvalue weighted by atomic mass is 16.3. The molecule has 0 unspecified atom stereocenters. The molecule has 0 aliphatic heterocycles. The van der Waals surface area contributed by atoms with Gasteiger partial charge >= 0.3 is 5.69 Å². The van der Waals surface area contributed by atoms with E-state index in [1.807, 2.05) is 0 Å². The molecule has 16 heavy (non-hydrogen) atoms. The van der Waals surface area contributed by atoms with E-state index in [9.17, 15) is 9.90 Å². The zero-order chi connectivity index (χ0) is 11.8. The molecular weight excluding hydrogens is 210 g/mol. The van der Waals surface area contributed by atoms with Crippen LogP contribution >= 0.6 is 0 Å². The van der Waals surface area contributed by atoms with E-state index in [0.29, 0.717) is 19.3 Å². The molecule has 0 aromatic carbocycles. The number of aliphatic hydroxyl groups excluding tert-OH is 1. The molecule has 6 nitrogen and oxygen atoms in total. The molecule has 0 radical (unpaired) electrons. The van der Waals surface area contributed by atoms with Gasteiger partial charge in [-0.15, -0.1) is 0 Å². The monoisotopic (exact) mass is 225 g/mol. The van der Waals surface area contributed by atoms with Crippen LogP contribution in [0, 0.1) is 0 Å². The first kappa shape index (κ1) is 11.1. The Morgan fingerprint density at radius 2 is 2.44 bits per heavy atom. The van der Waals surface area contributed by atoms with Crippen LogP contribution in [-0.4, -0.2) is 32.0 Å². The summed E-state index contributed by atoms with van der Waals surface area (Å²) in [6.07, 6.45) is 3.10. The third-order valence-electron chi connectivity index (χ3n) is 3.10. The summed E-state index contributed by atoms with van der Waals surface area (Å²) >= 11 is 0. The summed E-state index contributed by atoms with van der Waals surface area (Å²) in [4.78, 5) is 15.2. The number of hydrogen-bond acceptors (Lipinski definition) is 5. The summed E-state index contributed by atoms with van der Waals surface area (Å²) in [5.41, 5.74) is 3.92. The lowest BCUT2D eigenvalue weighted by atomic mass is 10.0. The average Bonchev–Trinajstić information content (AvgIpc) is 2.62. The Balaban J connectivity index is 2.24. The van der Waals surface area contributed by atoms with Gasteiger partial charge in [0.15, 0.2) is 0 Å². The summed E-state index contributed by atoms with van der Waals surface area (Å²) < 4.78 is 1.46. The highest BCUT2D eigenvalue weighted by Gasteiger charge is 2.37. The fourth-order valence-electron chi connectivity index (χ4n) is 2.16. The van der Waals surface area contributed by atoms with Gasteiger partial charge in [0.1, 0.15) is 5.82 Å². The number of nitrogen functional groups attached to an aromatic ring is 1. The molecule has 2 rings (SSSR count).